The van der Waals surface area contributed by atoms with Crippen LogP contribution in [0.25, 0.3) is 22.6 Å². The molecule has 1 saturated heterocycles. The molecule has 3 heterocycles. The maximum absolute atomic E-state index is 12.2. The fourth-order valence-corrected chi connectivity index (χ4v) is 5.71. The van der Waals surface area contributed by atoms with Crippen molar-refractivity contribution in [1.82, 2.24) is 25.2 Å². The predicted molar refractivity (Wildman–Crippen MR) is 151 cm³/mol. The molecule has 0 radical (unpaired) electrons. The summed E-state index contributed by atoms with van der Waals surface area (Å²) in [7, 11) is 0. The fraction of sp³-hybridized carbons (Fsp3) is 0.536. The van der Waals surface area contributed by atoms with E-state index < -0.39 is 0 Å². The van der Waals surface area contributed by atoms with Crippen LogP contribution in [0.15, 0.2) is 34.9 Å². The van der Waals surface area contributed by atoms with Gasteiger partial charge in [-0.2, -0.15) is 0 Å². The van der Waals surface area contributed by atoms with Gasteiger partial charge < -0.3 is 20.4 Å². The topological polar surface area (TPSA) is 95.2 Å². The molecule has 1 amide bonds. The maximum Gasteiger partial charge on any atom is 0.223 e. The minimum Gasteiger partial charge on any atom is -0.492 e. The highest BCUT2D eigenvalue weighted by molar-refractivity contribution is 9.10. The first-order valence-corrected chi connectivity index (χ1v) is 14.5. The zero-order valence-electron chi connectivity index (χ0n) is 21.4. The zero-order valence-corrected chi connectivity index (χ0v) is 23.0. The van der Waals surface area contributed by atoms with Crippen molar-refractivity contribution in [1.29, 1.82) is 0 Å². The highest BCUT2D eigenvalue weighted by atomic mass is 79.9. The lowest BCUT2D eigenvalue weighted by molar-refractivity contribution is -0.124. The van der Waals surface area contributed by atoms with Gasteiger partial charge in [-0.3, -0.25) is 9.69 Å². The summed E-state index contributed by atoms with van der Waals surface area (Å²) in [5.74, 6) is 2.07. The molecule has 3 N–H and O–H groups in total. The van der Waals surface area contributed by atoms with Crippen molar-refractivity contribution >= 4 is 38.7 Å². The van der Waals surface area contributed by atoms with Crippen molar-refractivity contribution in [3.8, 4) is 17.1 Å². The van der Waals surface area contributed by atoms with Crippen LogP contribution in [0.3, 0.4) is 0 Å². The van der Waals surface area contributed by atoms with Crippen LogP contribution in [0.5, 0.6) is 5.75 Å². The number of likely N-dealkylation sites (tertiary alicyclic amines) is 1. The van der Waals surface area contributed by atoms with E-state index >= 15 is 0 Å². The summed E-state index contributed by atoms with van der Waals surface area (Å²) in [4.78, 5) is 27.3. The van der Waals surface area contributed by atoms with Crippen LogP contribution in [0.2, 0.25) is 0 Å². The number of hydrogen-bond donors (Lipinski definition) is 3. The lowest BCUT2D eigenvalue weighted by Crippen LogP contribution is -2.33. The number of aromatic nitrogens is 3. The quantitative estimate of drug-likeness (QED) is 0.269. The summed E-state index contributed by atoms with van der Waals surface area (Å²) >= 11 is 3.62. The molecule has 37 heavy (non-hydrogen) atoms. The lowest BCUT2D eigenvalue weighted by atomic mass is 10.1. The number of ether oxygens (including phenoxy) is 1. The van der Waals surface area contributed by atoms with E-state index in [4.69, 9.17) is 9.72 Å². The van der Waals surface area contributed by atoms with E-state index in [0.29, 0.717) is 18.8 Å². The first-order valence-electron chi connectivity index (χ1n) is 13.7. The number of piperidine rings is 1. The molecule has 9 heteroatoms. The van der Waals surface area contributed by atoms with E-state index in [9.17, 15) is 4.79 Å². The normalized spacial score (nSPS) is 16.8. The van der Waals surface area contributed by atoms with Crippen LogP contribution in [0.1, 0.15) is 51.4 Å². The lowest BCUT2D eigenvalue weighted by Gasteiger charge is -2.26. The van der Waals surface area contributed by atoms with Gasteiger partial charge in [0, 0.05) is 37.3 Å². The Morgan fingerprint density at radius 3 is 2.65 bits per heavy atom. The number of carbonyl (C=O) groups is 1. The predicted octanol–water partition coefficient (Wildman–Crippen LogP) is 5.36. The number of pyridine rings is 1. The molecular formula is C28H37BrN6O2. The largest absolute Gasteiger partial charge is 0.492 e. The summed E-state index contributed by atoms with van der Waals surface area (Å²) in [6.07, 6.45) is 11.0. The number of imidazole rings is 1. The standard InChI is InChI=1S/C28H37BrN6O2/c29-23-19-32-27-25(24(23)30-13-6-14-31-28(36)21-7-2-3-8-21)33-26(34-27)20-9-11-22(12-10-20)37-18-17-35-15-4-1-5-16-35/h9-12,19,21H,1-8,13-18H2,(H,31,36)(H2,30,32,33,34). The van der Waals surface area contributed by atoms with Gasteiger partial charge in [0.2, 0.25) is 5.91 Å². The summed E-state index contributed by atoms with van der Waals surface area (Å²) in [5.41, 5.74) is 3.44. The molecule has 2 fully saturated rings. The molecule has 0 spiro atoms. The molecule has 8 nitrogen and oxygen atoms in total. The van der Waals surface area contributed by atoms with Crippen LogP contribution < -0.4 is 15.4 Å². The van der Waals surface area contributed by atoms with Gasteiger partial charge in [-0.05, 0) is 85.4 Å². The fourth-order valence-electron chi connectivity index (χ4n) is 5.27. The molecule has 0 unspecified atom stereocenters. The van der Waals surface area contributed by atoms with Gasteiger partial charge in [-0.25, -0.2) is 9.97 Å². The van der Waals surface area contributed by atoms with E-state index in [1.807, 2.05) is 24.3 Å². The van der Waals surface area contributed by atoms with Gasteiger partial charge >= 0.3 is 0 Å². The number of carbonyl (C=O) groups excluding carboxylic acids is 1. The SMILES string of the molecule is O=C(NCCCNc1c(Br)cnc2nc(-c3ccc(OCCN4CCCCC4)cc3)[nH]c12)C1CCCC1. The van der Waals surface area contributed by atoms with Gasteiger partial charge in [0.25, 0.3) is 0 Å². The molecular weight excluding hydrogens is 532 g/mol. The number of fused-ring (bicyclic) bond motifs is 1. The molecule has 3 aromatic rings. The molecule has 1 aliphatic carbocycles. The summed E-state index contributed by atoms with van der Waals surface area (Å²) in [6.45, 7) is 5.48. The number of aromatic amines is 1. The zero-order chi connectivity index (χ0) is 25.5. The number of H-pyrrole nitrogens is 1. The Bertz CT molecular complexity index is 1170. The maximum atomic E-state index is 12.2. The van der Waals surface area contributed by atoms with Crippen LogP contribution in [-0.4, -0.2) is 65.1 Å². The molecule has 1 aromatic carbocycles. The second-order valence-corrected chi connectivity index (χ2v) is 10.9. The summed E-state index contributed by atoms with van der Waals surface area (Å²) < 4.78 is 6.85. The number of rotatable bonds is 11. The molecule has 2 aliphatic rings. The molecule has 0 bridgehead atoms. The van der Waals surface area contributed by atoms with Crippen LogP contribution in [0.4, 0.5) is 5.69 Å². The first-order chi connectivity index (χ1) is 18.2. The van der Waals surface area contributed by atoms with Crippen LogP contribution in [-0.2, 0) is 4.79 Å². The number of nitrogens with one attached hydrogen (secondary N) is 3. The average molecular weight is 570 g/mol. The molecule has 1 saturated carbocycles. The van der Waals surface area contributed by atoms with E-state index in [-0.39, 0.29) is 11.8 Å². The molecule has 1 aliphatic heterocycles. The van der Waals surface area contributed by atoms with Crippen LogP contribution >= 0.6 is 15.9 Å². The Balaban J connectivity index is 1.15. The Labute approximate surface area is 227 Å². The Hall–Kier alpha value is -2.65. The first kappa shape index (κ1) is 26.0. The summed E-state index contributed by atoms with van der Waals surface area (Å²) in [6, 6.07) is 8.06. The number of anilines is 1. The van der Waals surface area contributed by atoms with Crippen molar-refractivity contribution in [2.75, 3.05) is 44.6 Å². The van der Waals surface area contributed by atoms with Gasteiger partial charge in [-0.15, -0.1) is 0 Å². The van der Waals surface area contributed by atoms with Crippen molar-refractivity contribution in [3.63, 3.8) is 0 Å². The monoisotopic (exact) mass is 568 g/mol. The highest BCUT2D eigenvalue weighted by Crippen LogP contribution is 2.31. The van der Waals surface area contributed by atoms with E-state index in [1.54, 1.807) is 6.20 Å². The molecule has 5 rings (SSSR count). The van der Waals surface area contributed by atoms with Crippen molar-refractivity contribution in [3.05, 3.63) is 34.9 Å². The number of nitrogens with zero attached hydrogens (tertiary/aromatic N) is 3. The smallest absolute Gasteiger partial charge is 0.223 e. The van der Waals surface area contributed by atoms with Gasteiger partial charge in [0.1, 0.15) is 23.7 Å². The van der Waals surface area contributed by atoms with Gasteiger partial charge in [0.05, 0.1) is 10.2 Å². The van der Waals surface area contributed by atoms with Gasteiger partial charge in [-0.1, -0.05) is 19.3 Å². The van der Waals surface area contributed by atoms with Crippen molar-refractivity contribution in [2.24, 2.45) is 5.92 Å². The number of amides is 1. The number of halogens is 1. The second-order valence-electron chi connectivity index (χ2n) is 10.1. The third-order valence-corrected chi connectivity index (χ3v) is 8.01. The minimum atomic E-state index is 0.210. The highest BCUT2D eigenvalue weighted by Gasteiger charge is 2.22. The van der Waals surface area contributed by atoms with Gasteiger partial charge in [0.15, 0.2) is 5.65 Å². The second kappa shape index (κ2) is 12.7. The van der Waals surface area contributed by atoms with Crippen molar-refractivity contribution < 1.29 is 9.53 Å². The number of benzene rings is 1. The van der Waals surface area contributed by atoms with E-state index in [2.05, 4.69) is 41.4 Å². The third kappa shape index (κ3) is 6.82. The Morgan fingerprint density at radius 2 is 1.86 bits per heavy atom. The number of hydrogen-bond acceptors (Lipinski definition) is 6. The Kier molecular flexibility index (Phi) is 8.94. The average Bonchev–Trinajstić information content (AvgIpc) is 3.61. The van der Waals surface area contributed by atoms with E-state index in [0.717, 1.165) is 65.2 Å². The molecule has 0 atom stereocenters. The third-order valence-electron chi connectivity index (χ3n) is 7.41. The summed E-state index contributed by atoms with van der Waals surface area (Å²) in [5, 5.41) is 6.58. The molecule has 2 aromatic heterocycles. The minimum absolute atomic E-state index is 0.210. The molecule has 198 valence electrons. The van der Waals surface area contributed by atoms with Crippen LogP contribution in [0, 0.1) is 5.92 Å². The van der Waals surface area contributed by atoms with E-state index in [1.165, 1.54) is 45.2 Å². The van der Waals surface area contributed by atoms with Crippen molar-refractivity contribution in [2.45, 2.75) is 51.4 Å². The Morgan fingerprint density at radius 1 is 1.08 bits per heavy atom.